The van der Waals surface area contributed by atoms with Gasteiger partial charge in [0.15, 0.2) is 0 Å². The Morgan fingerprint density at radius 2 is 2.06 bits per heavy atom. The molecule has 0 amide bonds. The SMILES string of the molecule is Cc1ccc(C)c2c3c([nH]c12)C(CN)CCC3. The van der Waals surface area contributed by atoms with Crippen LogP contribution in [0.4, 0.5) is 0 Å². The van der Waals surface area contributed by atoms with Gasteiger partial charge in [0.1, 0.15) is 0 Å². The van der Waals surface area contributed by atoms with Crippen LogP contribution in [0.5, 0.6) is 0 Å². The molecule has 3 rings (SSSR count). The number of rotatable bonds is 1. The molecule has 17 heavy (non-hydrogen) atoms. The van der Waals surface area contributed by atoms with Crippen LogP contribution < -0.4 is 5.73 Å². The van der Waals surface area contributed by atoms with E-state index in [-0.39, 0.29) is 0 Å². The maximum absolute atomic E-state index is 5.90. The summed E-state index contributed by atoms with van der Waals surface area (Å²) in [6.45, 7) is 5.15. The second-order valence-corrected chi connectivity index (χ2v) is 5.29. The van der Waals surface area contributed by atoms with Crippen LogP contribution in [-0.2, 0) is 6.42 Å². The highest BCUT2D eigenvalue weighted by atomic mass is 14.8. The molecule has 2 nitrogen and oxygen atoms in total. The van der Waals surface area contributed by atoms with Crippen LogP contribution >= 0.6 is 0 Å². The predicted molar refractivity (Wildman–Crippen MR) is 72.5 cm³/mol. The Bertz CT molecular complexity index is 566. The highest BCUT2D eigenvalue weighted by Crippen LogP contribution is 2.37. The molecule has 3 N–H and O–H groups in total. The fraction of sp³-hybridized carbons (Fsp3) is 0.467. The van der Waals surface area contributed by atoms with Gasteiger partial charge in [-0.1, -0.05) is 12.1 Å². The Hall–Kier alpha value is -1.28. The number of benzene rings is 1. The van der Waals surface area contributed by atoms with Crippen molar-refractivity contribution in [2.45, 2.75) is 39.0 Å². The summed E-state index contributed by atoms with van der Waals surface area (Å²) in [5.74, 6) is 0.532. The van der Waals surface area contributed by atoms with E-state index in [2.05, 4.69) is 31.0 Å². The van der Waals surface area contributed by atoms with Gasteiger partial charge in [-0.15, -0.1) is 0 Å². The van der Waals surface area contributed by atoms with Gasteiger partial charge in [0.25, 0.3) is 0 Å². The molecular weight excluding hydrogens is 208 g/mol. The molecule has 0 saturated carbocycles. The zero-order chi connectivity index (χ0) is 12.0. The molecule has 0 spiro atoms. The van der Waals surface area contributed by atoms with Crippen molar-refractivity contribution < 1.29 is 0 Å². The van der Waals surface area contributed by atoms with Crippen molar-refractivity contribution in [3.63, 3.8) is 0 Å². The zero-order valence-electron chi connectivity index (χ0n) is 10.6. The van der Waals surface area contributed by atoms with Crippen molar-refractivity contribution >= 4 is 10.9 Å². The average Bonchev–Trinajstić information content (AvgIpc) is 2.74. The van der Waals surface area contributed by atoms with Gasteiger partial charge in [-0.05, 0) is 49.8 Å². The van der Waals surface area contributed by atoms with Crippen molar-refractivity contribution in [2.75, 3.05) is 6.54 Å². The molecule has 1 heterocycles. The van der Waals surface area contributed by atoms with E-state index < -0.39 is 0 Å². The molecule has 2 aromatic rings. The van der Waals surface area contributed by atoms with Crippen LogP contribution in [-0.4, -0.2) is 11.5 Å². The van der Waals surface area contributed by atoms with Gasteiger partial charge < -0.3 is 10.7 Å². The van der Waals surface area contributed by atoms with Gasteiger partial charge in [-0.2, -0.15) is 0 Å². The molecular formula is C15H20N2. The zero-order valence-corrected chi connectivity index (χ0v) is 10.6. The summed E-state index contributed by atoms with van der Waals surface area (Å²) in [5, 5.41) is 1.46. The fourth-order valence-electron chi connectivity index (χ4n) is 3.22. The Kier molecular flexibility index (Phi) is 2.48. The fourth-order valence-corrected chi connectivity index (χ4v) is 3.22. The maximum atomic E-state index is 5.90. The van der Waals surface area contributed by atoms with Crippen molar-refractivity contribution in [2.24, 2.45) is 5.73 Å². The Morgan fingerprint density at radius 3 is 2.82 bits per heavy atom. The lowest BCUT2D eigenvalue weighted by atomic mass is 9.86. The van der Waals surface area contributed by atoms with Gasteiger partial charge in [0.05, 0.1) is 0 Å². The Balaban J connectivity index is 2.33. The number of fused-ring (bicyclic) bond motifs is 3. The van der Waals surface area contributed by atoms with E-state index in [1.807, 2.05) is 0 Å². The second kappa shape index (κ2) is 3.88. The number of aromatic amines is 1. The third-order valence-corrected chi connectivity index (χ3v) is 4.18. The van der Waals surface area contributed by atoms with Crippen molar-refractivity contribution in [1.29, 1.82) is 0 Å². The first kappa shape index (κ1) is 10.8. The van der Waals surface area contributed by atoms with Crippen LogP contribution in [0.15, 0.2) is 12.1 Å². The molecule has 2 heteroatoms. The smallest absolute Gasteiger partial charge is 0.0491 e. The molecule has 1 unspecified atom stereocenters. The molecule has 0 fully saturated rings. The topological polar surface area (TPSA) is 41.8 Å². The van der Waals surface area contributed by atoms with Gasteiger partial charge in [-0.25, -0.2) is 0 Å². The largest absolute Gasteiger partial charge is 0.358 e. The molecule has 90 valence electrons. The molecule has 0 bridgehead atoms. The predicted octanol–water partition coefficient (Wildman–Crippen LogP) is 3.16. The maximum Gasteiger partial charge on any atom is 0.0491 e. The highest BCUT2D eigenvalue weighted by Gasteiger charge is 2.24. The molecule has 1 atom stereocenters. The summed E-state index contributed by atoms with van der Waals surface area (Å²) < 4.78 is 0. The van der Waals surface area contributed by atoms with Gasteiger partial charge in [0.2, 0.25) is 0 Å². The van der Waals surface area contributed by atoms with Crippen molar-refractivity contribution in [3.05, 3.63) is 34.5 Å². The molecule has 0 saturated heterocycles. The van der Waals surface area contributed by atoms with E-state index in [1.165, 1.54) is 52.5 Å². The van der Waals surface area contributed by atoms with Gasteiger partial charge in [0, 0.05) is 29.1 Å². The molecule has 0 aliphatic heterocycles. The van der Waals surface area contributed by atoms with Crippen LogP contribution in [0.25, 0.3) is 10.9 Å². The lowest BCUT2D eigenvalue weighted by molar-refractivity contribution is 0.553. The summed E-state index contributed by atoms with van der Waals surface area (Å²) in [4.78, 5) is 3.65. The highest BCUT2D eigenvalue weighted by molar-refractivity contribution is 5.90. The van der Waals surface area contributed by atoms with Crippen LogP contribution in [0.1, 0.15) is 41.1 Å². The Labute approximate surface area is 102 Å². The minimum Gasteiger partial charge on any atom is -0.358 e. The van der Waals surface area contributed by atoms with Crippen molar-refractivity contribution in [1.82, 2.24) is 4.98 Å². The number of H-pyrrole nitrogens is 1. The number of aryl methyl sites for hydroxylation is 3. The summed E-state index contributed by atoms with van der Waals surface area (Å²) in [7, 11) is 0. The van der Waals surface area contributed by atoms with E-state index in [0.29, 0.717) is 5.92 Å². The quantitative estimate of drug-likeness (QED) is 0.773. The average molecular weight is 228 g/mol. The lowest BCUT2D eigenvalue weighted by Crippen LogP contribution is -2.17. The molecule has 0 radical (unpaired) electrons. The number of hydrogen-bond acceptors (Lipinski definition) is 1. The summed E-state index contributed by atoms with van der Waals surface area (Å²) >= 11 is 0. The number of aromatic nitrogens is 1. The first-order valence-corrected chi connectivity index (χ1v) is 6.53. The third kappa shape index (κ3) is 1.51. The van der Waals surface area contributed by atoms with E-state index in [1.54, 1.807) is 0 Å². The van der Waals surface area contributed by atoms with Crippen LogP contribution in [0, 0.1) is 13.8 Å². The van der Waals surface area contributed by atoms with Gasteiger partial charge in [-0.3, -0.25) is 0 Å². The lowest BCUT2D eigenvalue weighted by Gasteiger charge is -2.21. The number of nitrogens with two attached hydrogens (primary N) is 1. The number of nitrogens with one attached hydrogen (secondary N) is 1. The monoisotopic (exact) mass is 228 g/mol. The minimum atomic E-state index is 0.532. The van der Waals surface area contributed by atoms with E-state index in [4.69, 9.17) is 5.73 Å². The molecule has 1 aromatic carbocycles. The Morgan fingerprint density at radius 1 is 1.29 bits per heavy atom. The van der Waals surface area contributed by atoms with E-state index in [9.17, 15) is 0 Å². The van der Waals surface area contributed by atoms with E-state index in [0.717, 1.165) is 6.54 Å². The van der Waals surface area contributed by atoms with Crippen LogP contribution in [0.3, 0.4) is 0 Å². The van der Waals surface area contributed by atoms with Gasteiger partial charge >= 0.3 is 0 Å². The summed E-state index contributed by atoms with van der Waals surface area (Å²) in [6.07, 6.45) is 3.71. The minimum absolute atomic E-state index is 0.532. The summed E-state index contributed by atoms with van der Waals surface area (Å²) in [5.41, 5.74) is 12.9. The molecule has 1 aromatic heterocycles. The molecule has 1 aliphatic carbocycles. The third-order valence-electron chi connectivity index (χ3n) is 4.18. The first-order chi connectivity index (χ1) is 8.22. The summed E-state index contributed by atoms with van der Waals surface area (Å²) in [6, 6.07) is 4.44. The molecule has 1 aliphatic rings. The van der Waals surface area contributed by atoms with Crippen molar-refractivity contribution in [3.8, 4) is 0 Å². The standard InChI is InChI=1S/C15H20N2/c1-9-6-7-10(2)14-13(9)12-5-3-4-11(8-16)15(12)17-14/h6-7,11,17H,3-5,8,16H2,1-2H3. The number of hydrogen-bond donors (Lipinski definition) is 2. The normalized spacial score (nSPS) is 19.6. The van der Waals surface area contributed by atoms with E-state index >= 15 is 0 Å². The first-order valence-electron chi connectivity index (χ1n) is 6.53. The second-order valence-electron chi connectivity index (χ2n) is 5.29. The van der Waals surface area contributed by atoms with Crippen LogP contribution in [0.2, 0.25) is 0 Å².